The third kappa shape index (κ3) is 3.44. The number of amides is 1. The summed E-state index contributed by atoms with van der Waals surface area (Å²) in [7, 11) is 0. The summed E-state index contributed by atoms with van der Waals surface area (Å²) in [6.07, 6.45) is 5.34. The van der Waals surface area contributed by atoms with Crippen LogP contribution in [-0.2, 0) is 11.2 Å². The van der Waals surface area contributed by atoms with Crippen molar-refractivity contribution >= 4 is 12.0 Å². The SMILES string of the molecule is CCCc1ccc(/C=C/C(N)=O)cc1. The molecule has 0 atom stereocenters. The van der Waals surface area contributed by atoms with Gasteiger partial charge in [0.2, 0.25) is 5.91 Å². The van der Waals surface area contributed by atoms with Gasteiger partial charge in [-0.3, -0.25) is 4.79 Å². The Hall–Kier alpha value is -1.57. The Balaban J connectivity index is 2.68. The quantitative estimate of drug-likeness (QED) is 0.724. The second-order valence-corrected chi connectivity index (χ2v) is 3.23. The molecule has 0 bridgehead atoms. The van der Waals surface area contributed by atoms with E-state index < -0.39 is 5.91 Å². The van der Waals surface area contributed by atoms with Crippen molar-refractivity contribution < 1.29 is 4.79 Å². The van der Waals surface area contributed by atoms with Crippen LogP contribution in [0.15, 0.2) is 30.3 Å². The van der Waals surface area contributed by atoms with Crippen LogP contribution in [0.2, 0.25) is 0 Å². The lowest BCUT2D eigenvalue weighted by Gasteiger charge is -1.98. The van der Waals surface area contributed by atoms with Crippen LogP contribution in [0, 0.1) is 0 Å². The van der Waals surface area contributed by atoms with Gasteiger partial charge >= 0.3 is 0 Å². The number of hydrogen-bond acceptors (Lipinski definition) is 1. The average Bonchev–Trinajstić information content (AvgIpc) is 2.17. The van der Waals surface area contributed by atoms with Crippen LogP contribution in [0.3, 0.4) is 0 Å². The highest BCUT2D eigenvalue weighted by Crippen LogP contribution is 2.07. The molecule has 2 heteroatoms. The molecule has 0 aliphatic carbocycles. The average molecular weight is 189 g/mol. The summed E-state index contributed by atoms with van der Waals surface area (Å²) in [6.45, 7) is 2.15. The predicted molar refractivity (Wildman–Crippen MR) is 58.7 cm³/mol. The third-order valence-electron chi connectivity index (χ3n) is 1.96. The molecule has 0 fully saturated rings. The molecule has 1 aromatic carbocycles. The second-order valence-electron chi connectivity index (χ2n) is 3.23. The van der Waals surface area contributed by atoms with E-state index in [1.807, 2.05) is 12.1 Å². The van der Waals surface area contributed by atoms with Crippen LogP contribution in [-0.4, -0.2) is 5.91 Å². The summed E-state index contributed by atoms with van der Waals surface area (Å²) in [4.78, 5) is 10.5. The highest BCUT2D eigenvalue weighted by atomic mass is 16.1. The summed E-state index contributed by atoms with van der Waals surface area (Å²) >= 11 is 0. The Morgan fingerprint density at radius 2 is 2.00 bits per heavy atom. The van der Waals surface area contributed by atoms with E-state index in [0.717, 1.165) is 18.4 Å². The zero-order chi connectivity index (χ0) is 10.4. The molecule has 0 radical (unpaired) electrons. The van der Waals surface area contributed by atoms with Gasteiger partial charge < -0.3 is 5.73 Å². The maximum absolute atomic E-state index is 10.5. The van der Waals surface area contributed by atoms with Crippen molar-refractivity contribution in [3.05, 3.63) is 41.5 Å². The van der Waals surface area contributed by atoms with E-state index in [1.54, 1.807) is 6.08 Å². The lowest BCUT2D eigenvalue weighted by atomic mass is 10.1. The molecule has 1 aromatic rings. The van der Waals surface area contributed by atoms with E-state index in [0.29, 0.717) is 0 Å². The van der Waals surface area contributed by atoms with Crippen LogP contribution in [0.5, 0.6) is 0 Å². The fraction of sp³-hybridized carbons (Fsp3) is 0.250. The van der Waals surface area contributed by atoms with Crippen LogP contribution in [0.4, 0.5) is 0 Å². The van der Waals surface area contributed by atoms with E-state index in [2.05, 4.69) is 19.1 Å². The normalized spacial score (nSPS) is 10.6. The second kappa shape index (κ2) is 5.22. The van der Waals surface area contributed by atoms with Gasteiger partial charge in [0.1, 0.15) is 0 Å². The summed E-state index contributed by atoms with van der Waals surface area (Å²) in [5, 5.41) is 0. The Bertz CT molecular complexity index is 325. The van der Waals surface area contributed by atoms with E-state index in [9.17, 15) is 4.79 Å². The van der Waals surface area contributed by atoms with Gasteiger partial charge in [0.15, 0.2) is 0 Å². The Morgan fingerprint density at radius 3 is 2.50 bits per heavy atom. The van der Waals surface area contributed by atoms with Crippen molar-refractivity contribution in [2.24, 2.45) is 5.73 Å². The van der Waals surface area contributed by atoms with Gasteiger partial charge in [-0.1, -0.05) is 37.6 Å². The Labute approximate surface area is 84.4 Å². The number of carbonyl (C=O) groups excluding carboxylic acids is 1. The number of hydrogen-bond donors (Lipinski definition) is 1. The first-order chi connectivity index (χ1) is 6.72. The molecule has 0 saturated carbocycles. The molecule has 0 spiro atoms. The molecule has 2 N–H and O–H groups in total. The van der Waals surface area contributed by atoms with Crippen molar-refractivity contribution in [2.75, 3.05) is 0 Å². The number of carbonyl (C=O) groups is 1. The van der Waals surface area contributed by atoms with Crippen molar-refractivity contribution in [1.29, 1.82) is 0 Å². The fourth-order valence-electron chi connectivity index (χ4n) is 1.26. The largest absolute Gasteiger partial charge is 0.366 e. The number of benzene rings is 1. The van der Waals surface area contributed by atoms with Crippen molar-refractivity contribution in [3.8, 4) is 0 Å². The molecule has 0 aliphatic heterocycles. The van der Waals surface area contributed by atoms with Gasteiger partial charge in [-0.2, -0.15) is 0 Å². The summed E-state index contributed by atoms with van der Waals surface area (Å²) in [5.74, 6) is -0.414. The highest BCUT2D eigenvalue weighted by molar-refractivity contribution is 5.90. The van der Waals surface area contributed by atoms with Gasteiger partial charge in [-0.05, 0) is 23.6 Å². The minimum absolute atomic E-state index is 0.414. The van der Waals surface area contributed by atoms with Gasteiger partial charge in [-0.15, -0.1) is 0 Å². The fourth-order valence-corrected chi connectivity index (χ4v) is 1.26. The van der Waals surface area contributed by atoms with Crippen molar-refractivity contribution in [3.63, 3.8) is 0 Å². The molecule has 14 heavy (non-hydrogen) atoms. The molecule has 0 saturated heterocycles. The van der Waals surface area contributed by atoms with Gasteiger partial charge in [-0.25, -0.2) is 0 Å². The van der Waals surface area contributed by atoms with Crippen LogP contribution in [0.1, 0.15) is 24.5 Å². The minimum Gasteiger partial charge on any atom is -0.366 e. The number of rotatable bonds is 4. The van der Waals surface area contributed by atoms with Crippen LogP contribution in [0.25, 0.3) is 6.08 Å². The molecule has 0 heterocycles. The number of primary amides is 1. The van der Waals surface area contributed by atoms with E-state index >= 15 is 0 Å². The maximum Gasteiger partial charge on any atom is 0.241 e. The molecular weight excluding hydrogens is 174 g/mol. The topological polar surface area (TPSA) is 43.1 Å². The first-order valence-electron chi connectivity index (χ1n) is 4.79. The molecule has 0 unspecified atom stereocenters. The first kappa shape index (κ1) is 10.5. The highest BCUT2D eigenvalue weighted by Gasteiger charge is 1.91. The van der Waals surface area contributed by atoms with Crippen LogP contribution >= 0.6 is 0 Å². The summed E-state index contributed by atoms with van der Waals surface area (Å²) in [5.41, 5.74) is 7.32. The maximum atomic E-state index is 10.5. The van der Waals surface area contributed by atoms with Gasteiger partial charge in [0.25, 0.3) is 0 Å². The standard InChI is InChI=1S/C12H15NO/c1-2-3-10-4-6-11(7-5-10)8-9-12(13)14/h4-9H,2-3H2,1H3,(H2,13,14)/b9-8+. The summed E-state index contributed by atoms with van der Waals surface area (Å²) in [6, 6.07) is 8.13. The van der Waals surface area contributed by atoms with Gasteiger partial charge in [0.05, 0.1) is 0 Å². The Kier molecular flexibility index (Phi) is 3.92. The first-order valence-corrected chi connectivity index (χ1v) is 4.79. The lowest BCUT2D eigenvalue weighted by molar-refractivity contribution is -0.113. The molecule has 2 nitrogen and oxygen atoms in total. The van der Waals surface area contributed by atoms with E-state index in [1.165, 1.54) is 11.6 Å². The summed E-state index contributed by atoms with van der Waals surface area (Å²) < 4.78 is 0. The van der Waals surface area contributed by atoms with Crippen molar-refractivity contribution in [1.82, 2.24) is 0 Å². The molecule has 74 valence electrons. The van der Waals surface area contributed by atoms with Gasteiger partial charge in [0, 0.05) is 6.08 Å². The number of nitrogens with two attached hydrogens (primary N) is 1. The number of aryl methyl sites for hydroxylation is 1. The molecule has 0 aliphatic rings. The molecule has 1 amide bonds. The predicted octanol–water partition coefficient (Wildman–Crippen LogP) is 2.14. The third-order valence-corrected chi connectivity index (χ3v) is 1.96. The molecular formula is C12H15NO. The molecule has 1 rings (SSSR count). The monoisotopic (exact) mass is 189 g/mol. The smallest absolute Gasteiger partial charge is 0.241 e. The lowest BCUT2D eigenvalue weighted by Crippen LogP contribution is -2.05. The molecule has 0 aromatic heterocycles. The minimum atomic E-state index is -0.414. The Morgan fingerprint density at radius 1 is 1.36 bits per heavy atom. The van der Waals surface area contributed by atoms with Crippen molar-refractivity contribution in [2.45, 2.75) is 19.8 Å². The van der Waals surface area contributed by atoms with E-state index in [4.69, 9.17) is 5.73 Å². The van der Waals surface area contributed by atoms with E-state index in [-0.39, 0.29) is 0 Å². The zero-order valence-electron chi connectivity index (χ0n) is 8.36. The van der Waals surface area contributed by atoms with Crippen LogP contribution < -0.4 is 5.73 Å². The zero-order valence-corrected chi connectivity index (χ0v) is 8.36.